The van der Waals surface area contributed by atoms with E-state index in [-0.39, 0.29) is 5.38 Å². The van der Waals surface area contributed by atoms with Crippen LogP contribution in [0.3, 0.4) is 0 Å². The minimum Gasteiger partial charge on any atom is -0.497 e. The summed E-state index contributed by atoms with van der Waals surface area (Å²) in [6, 6.07) is 16.9. The smallest absolute Gasteiger partial charge is 0.118 e. The van der Waals surface area contributed by atoms with Crippen molar-refractivity contribution in [2.75, 3.05) is 7.11 Å². The molecule has 1 atom stereocenters. The van der Waals surface area contributed by atoms with Gasteiger partial charge in [-0.1, -0.05) is 49.7 Å². The van der Waals surface area contributed by atoms with Crippen LogP contribution in [0.15, 0.2) is 48.5 Å². The molecule has 0 saturated carbocycles. The second-order valence-corrected chi connectivity index (χ2v) is 5.87. The first-order chi connectivity index (χ1) is 10.2. The first kappa shape index (κ1) is 15.9. The average molecular weight is 303 g/mol. The maximum atomic E-state index is 6.52. The maximum Gasteiger partial charge on any atom is 0.118 e. The Morgan fingerprint density at radius 1 is 0.905 bits per heavy atom. The number of hydrogen-bond donors (Lipinski definition) is 0. The molecule has 0 saturated heterocycles. The predicted molar refractivity (Wildman–Crippen MR) is 90.3 cm³/mol. The third kappa shape index (κ3) is 4.78. The number of alkyl halides is 1. The van der Waals surface area contributed by atoms with Crippen molar-refractivity contribution in [1.29, 1.82) is 0 Å². The zero-order valence-corrected chi connectivity index (χ0v) is 13.6. The molecule has 0 spiro atoms. The molecule has 21 heavy (non-hydrogen) atoms. The summed E-state index contributed by atoms with van der Waals surface area (Å²) in [5.74, 6) is 0.896. The van der Waals surface area contributed by atoms with Crippen LogP contribution in [0.5, 0.6) is 5.75 Å². The average Bonchev–Trinajstić information content (AvgIpc) is 2.54. The molecule has 0 bridgehead atoms. The van der Waals surface area contributed by atoms with E-state index in [0.29, 0.717) is 0 Å². The van der Waals surface area contributed by atoms with Crippen LogP contribution < -0.4 is 4.74 Å². The van der Waals surface area contributed by atoms with Gasteiger partial charge in [0.05, 0.1) is 12.5 Å². The van der Waals surface area contributed by atoms with Crippen molar-refractivity contribution in [1.82, 2.24) is 0 Å². The highest BCUT2D eigenvalue weighted by atomic mass is 35.5. The molecule has 2 aromatic rings. The van der Waals surface area contributed by atoms with E-state index in [0.717, 1.165) is 25.0 Å². The van der Waals surface area contributed by atoms with Crippen LogP contribution in [-0.4, -0.2) is 7.11 Å². The summed E-state index contributed by atoms with van der Waals surface area (Å²) >= 11 is 6.52. The topological polar surface area (TPSA) is 9.23 Å². The Kier molecular flexibility index (Phi) is 6.13. The molecule has 0 aliphatic carbocycles. The highest BCUT2D eigenvalue weighted by Crippen LogP contribution is 2.26. The summed E-state index contributed by atoms with van der Waals surface area (Å²) in [5.41, 5.74) is 3.90. The second-order valence-electron chi connectivity index (χ2n) is 5.35. The van der Waals surface area contributed by atoms with Crippen molar-refractivity contribution in [3.63, 3.8) is 0 Å². The van der Waals surface area contributed by atoms with Crippen molar-refractivity contribution in [3.05, 3.63) is 65.2 Å². The minimum atomic E-state index is 0.0720. The Labute approximate surface area is 132 Å². The molecule has 0 heterocycles. The van der Waals surface area contributed by atoms with Gasteiger partial charge in [0.15, 0.2) is 0 Å². The molecule has 112 valence electrons. The lowest BCUT2D eigenvalue weighted by molar-refractivity contribution is 0.414. The zero-order valence-electron chi connectivity index (χ0n) is 12.8. The predicted octanol–water partition coefficient (Wildman–Crippen LogP) is 5.56. The van der Waals surface area contributed by atoms with E-state index in [1.807, 2.05) is 12.1 Å². The fourth-order valence-electron chi connectivity index (χ4n) is 2.43. The normalized spacial score (nSPS) is 12.1. The van der Waals surface area contributed by atoms with Crippen LogP contribution in [0, 0.1) is 0 Å². The summed E-state index contributed by atoms with van der Waals surface area (Å²) in [4.78, 5) is 0. The van der Waals surface area contributed by atoms with Crippen molar-refractivity contribution in [2.45, 2.75) is 38.0 Å². The fraction of sp³-hybridized carbons (Fsp3) is 0.368. The lowest BCUT2D eigenvalue weighted by atomic mass is 10.0. The van der Waals surface area contributed by atoms with E-state index in [9.17, 15) is 0 Å². The Morgan fingerprint density at radius 2 is 1.48 bits per heavy atom. The molecule has 0 fully saturated rings. The van der Waals surface area contributed by atoms with Gasteiger partial charge in [0, 0.05) is 0 Å². The van der Waals surface area contributed by atoms with Gasteiger partial charge in [0.2, 0.25) is 0 Å². The first-order valence-electron chi connectivity index (χ1n) is 7.58. The van der Waals surface area contributed by atoms with Crippen LogP contribution in [0.4, 0.5) is 0 Å². The molecule has 0 aliphatic heterocycles. The van der Waals surface area contributed by atoms with Crippen LogP contribution in [-0.2, 0) is 12.8 Å². The molecule has 2 rings (SSSR count). The lowest BCUT2D eigenvalue weighted by Gasteiger charge is -2.11. The van der Waals surface area contributed by atoms with Gasteiger partial charge >= 0.3 is 0 Å². The Bertz CT molecular complexity index is 530. The van der Waals surface area contributed by atoms with E-state index in [1.54, 1.807) is 7.11 Å². The molecule has 0 aromatic heterocycles. The Hall–Kier alpha value is -1.47. The van der Waals surface area contributed by atoms with E-state index in [4.69, 9.17) is 16.3 Å². The SMILES string of the molecule is CCCc1ccc(C(Cl)CCc2ccc(OC)cc2)cc1. The molecule has 2 heteroatoms. The van der Waals surface area contributed by atoms with E-state index >= 15 is 0 Å². The molecule has 1 nitrogen and oxygen atoms in total. The van der Waals surface area contributed by atoms with Gasteiger partial charge in [-0.25, -0.2) is 0 Å². The number of aryl methyl sites for hydroxylation is 2. The lowest BCUT2D eigenvalue weighted by Crippen LogP contribution is -1.95. The van der Waals surface area contributed by atoms with Gasteiger partial charge in [-0.3, -0.25) is 0 Å². The minimum absolute atomic E-state index is 0.0720. The second kappa shape index (κ2) is 8.09. The number of rotatable bonds is 7. The molecular formula is C19H23ClO. The monoisotopic (exact) mass is 302 g/mol. The highest BCUT2D eigenvalue weighted by Gasteiger charge is 2.08. The van der Waals surface area contributed by atoms with Crippen molar-refractivity contribution >= 4 is 11.6 Å². The van der Waals surface area contributed by atoms with Gasteiger partial charge in [0.1, 0.15) is 5.75 Å². The van der Waals surface area contributed by atoms with Crippen LogP contribution in [0.1, 0.15) is 41.8 Å². The van der Waals surface area contributed by atoms with E-state index in [2.05, 4.69) is 43.3 Å². The Balaban J connectivity index is 1.89. The summed E-state index contributed by atoms with van der Waals surface area (Å²) in [6.45, 7) is 2.20. The summed E-state index contributed by atoms with van der Waals surface area (Å²) < 4.78 is 5.17. The van der Waals surface area contributed by atoms with Crippen molar-refractivity contribution in [3.8, 4) is 5.75 Å². The molecule has 1 unspecified atom stereocenters. The summed E-state index contributed by atoms with van der Waals surface area (Å²) in [6.07, 6.45) is 4.25. The number of methoxy groups -OCH3 is 1. The summed E-state index contributed by atoms with van der Waals surface area (Å²) in [7, 11) is 1.69. The molecular weight excluding hydrogens is 280 g/mol. The Morgan fingerprint density at radius 3 is 2.05 bits per heavy atom. The number of halogens is 1. The van der Waals surface area contributed by atoms with E-state index in [1.165, 1.54) is 23.1 Å². The number of ether oxygens (including phenoxy) is 1. The standard InChI is InChI=1S/C19H23ClO/c1-3-4-15-5-10-17(11-6-15)19(20)14-9-16-7-12-18(21-2)13-8-16/h5-8,10-13,19H,3-4,9,14H2,1-2H3. The van der Waals surface area contributed by atoms with Gasteiger partial charge < -0.3 is 4.74 Å². The maximum absolute atomic E-state index is 6.52. The fourth-order valence-corrected chi connectivity index (χ4v) is 2.69. The van der Waals surface area contributed by atoms with Crippen molar-refractivity contribution < 1.29 is 4.74 Å². The van der Waals surface area contributed by atoms with Gasteiger partial charge in [0.25, 0.3) is 0 Å². The highest BCUT2D eigenvalue weighted by molar-refractivity contribution is 6.20. The van der Waals surface area contributed by atoms with Gasteiger partial charge in [-0.2, -0.15) is 0 Å². The van der Waals surface area contributed by atoms with Crippen molar-refractivity contribution in [2.24, 2.45) is 0 Å². The van der Waals surface area contributed by atoms with Crippen LogP contribution in [0.25, 0.3) is 0 Å². The third-order valence-corrected chi connectivity index (χ3v) is 4.20. The molecule has 2 aromatic carbocycles. The van der Waals surface area contributed by atoms with Gasteiger partial charge in [-0.15, -0.1) is 11.6 Å². The quantitative estimate of drug-likeness (QED) is 0.608. The molecule has 0 radical (unpaired) electrons. The molecule has 0 N–H and O–H groups in total. The number of hydrogen-bond acceptors (Lipinski definition) is 1. The third-order valence-electron chi connectivity index (χ3n) is 3.73. The largest absolute Gasteiger partial charge is 0.497 e. The molecule has 0 aliphatic rings. The van der Waals surface area contributed by atoms with Crippen LogP contribution in [0.2, 0.25) is 0 Å². The van der Waals surface area contributed by atoms with Crippen LogP contribution >= 0.6 is 11.6 Å². The molecule has 0 amide bonds. The van der Waals surface area contributed by atoms with Gasteiger partial charge in [-0.05, 0) is 48.1 Å². The zero-order chi connectivity index (χ0) is 15.1. The summed E-state index contributed by atoms with van der Waals surface area (Å²) in [5, 5.41) is 0.0720. The first-order valence-corrected chi connectivity index (χ1v) is 8.02. The number of benzene rings is 2. The van der Waals surface area contributed by atoms with E-state index < -0.39 is 0 Å².